The molecule has 2 aromatic carbocycles. The van der Waals surface area contributed by atoms with Crippen LogP contribution in [0, 0.1) is 5.82 Å². The van der Waals surface area contributed by atoms with E-state index in [-0.39, 0.29) is 66.4 Å². The van der Waals surface area contributed by atoms with Crippen LogP contribution in [0.2, 0.25) is 10.0 Å². The Morgan fingerprint density at radius 1 is 1.23 bits per heavy atom. The average molecular weight is 604 g/mol. The first kappa shape index (κ1) is 30.5. The number of fused-ring (bicyclic) bond motifs is 1. The summed E-state index contributed by atoms with van der Waals surface area (Å²) in [5, 5.41) is 5.44. The Balaban J connectivity index is 1.52. The van der Waals surface area contributed by atoms with E-state index < -0.39 is 33.8 Å². The highest BCUT2D eigenvalue weighted by molar-refractivity contribution is 7.92. The molecule has 212 valence electrons. The molecule has 39 heavy (non-hydrogen) atoms. The van der Waals surface area contributed by atoms with E-state index in [1.54, 1.807) is 6.92 Å². The van der Waals surface area contributed by atoms with Gasteiger partial charge in [-0.2, -0.15) is 0 Å². The molecule has 0 aliphatic carbocycles. The molecular formula is C25H28Cl2FN3O7S. The lowest BCUT2D eigenvalue weighted by molar-refractivity contribution is -0.127. The maximum Gasteiger partial charge on any atom is 0.267 e. The predicted octanol–water partition coefficient (Wildman–Crippen LogP) is 3.28. The van der Waals surface area contributed by atoms with Crippen LogP contribution in [0.4, 0.5) is 10.1 Å². The van der Waals surface area contributed by atoms with Crippen LogP contribution in [0.15, 0.2) is 48.7 Å². The number of nitrogens with zero attached hydrogens (tertiary/aromatic N) is 1. The summed E-state index contributed by atoms with van der Waals surface area (Å²) >= 11 is 11.7. The minimum absolute atomic E-state index is 0.00684. The van der Waals surface area contributed by atoms with E-state index in [2.05, 4.69) is 17.2 Å². The lowest BCUT2D eigenvalue weighted by atomic mass is 10.2. The first-order valence-corrected chi connectivity index (χ1v) is 14.2. The highest BCUT2D eigenvalue weighted by atomic mass is 35.5. The summed E-state index contributed by atoms with van der Waals surface area (Å²) in [7, 11) is -3.85. The number of nitrogens with one attached hydrogen (secondary N) is 2. The van der Waals surface area contributed by atoms with Crippen LogP contribution in [0.3, 0.4) is 0 Å². The van der Waals surface area contributed by atoms with Crippen molar-refractivity contribution in [2.45, 2.75) is 19.4 Å². The third kappa shape index (κ3) is 8.72. The van der Waals surface area contributed by atoms with Crippen molar-refractivity contribution in [3.8, 4) is 11.5 Å². The van der Waals surface area contributed by atoms with Gasteiger partial charge in [-0.25, -0.2) is 12.8 Å². The van der Waals surface area contributed by atoms with Gasteiger partial charge >= 0.3 is 0 Å². The molecule has 0 bridgehead atoms. The van der Waals surface area contributed by atoms with Gasteiger partial charge in [0, 0.05) is 36.4 Å². The summed E-state index contributed by atoms with van der Waals surface area (Å²) in [6, 6.07) is 8.29. The molecule has 0 radical (unpaired) electrons. The number of halogens is 3. The average Bonchev–Trinajstić information content (AvgIpc) is 2.88. The third-order valence-electron chi connectivity index (χ3n) is 5.42. The first-order valence-electron chi connectivity index (χ1n) is 11.9. The number of carbonyl (C=O) groups excluding carboxylic acids is 2. The van der Waals surface area contributed by atoms with Gasteiger partial charge in [0.1, 0.15) is 17.3 Å². The summed E-state index contributed by atoms with van der Waals surface area (Å²) in [6.07, 6.45) is -0.984. The second kappa shape index (κ2) is 13.8. The zero-order chi connectivity index (χ0) is 28.6. The zero-order valence-electron chi connectivity index (χ0n) is 21.0. The van der Waals surface area contributed by atoms with Gasteiger partial charge in [-0.05, 0) is 37.3 Å². The van der Waals surface area contributed by atoms with Crippen molar-refractivity contribution in [1.82, 2.24) is 10.6 Å². The van der Waals surface area contributed by atoms with Crippen LogP contribution >= 0.6 is 23.2 Å². The van der Waals surface area contributed by atoms with E-state index in [4.69, 9.17) is 37.4 Å². The molecule has 2 aromatic rings. The van der Waals surface area contributed by atoms with Gasteiger partial charge in [0.25, 0.3) is 11.8 Å². The number of ether oxygens (including phenoxy) is 3. The van der Waals surface area contributed by atoms with Gasteiger partial charge in [0.2, 0.25) is 10.0 Å². The molecule has 0 fully saturated rings. The number of rotatable bonds is 13. The molecule has 1 heterocycles. The Labute approximate surface area is 236 Å². The highest BCUT2D eigenvalue weighted by Crippen LogP contribution is 2.37. The molecule has 2 amide bonds. The fraction of sp³-hybridized carbons (Fsp3) is 0.360. The normalized spacial score (nSPS) is 14.7. The van der Waals surface area contributed by atoms with E-state index in [9.17, 15) is 22.4 Å². The highest BCUT2D eigenvalue weighted by Gasteiger charge is 2.37. The SMILES string of the molecule is C=C(CCNC(=O)COc1ccc(Cl)c(F)c1)NC(=O)C1CN(S(=O)(=O)CCOCC)c2cc(Cl)ccc2O1. The lowest BCUT2D eigenvalue weighted by Gasteiger charge is -2.35. The minimum atomic E-state index is -3.85. The van der Waals surface area contributed by atoms with Gasteiger partial charge in [0.05, 0.1) is 29.6 Å². The van der Waals surface area contributed by atoms with Gasteiger partial charge in [-0.3, -0.25) is 13.9 Å². The monoisotopic (exact) mass is 603 g/mol. The van der Waals surface area contributed by atoms with Gasteiger partial charge in [-0.15, -0.1) is 0 Å². The molecular weight excluding hydrogens is 576 g/mol. The molecule has 0 saturated carbocycles. The molecule has 0 aromatic heterocycles. The second-order valence-electron chi connectivity index (χ2n) is 8.32. The van der Waals surface area contributed by atoms with Gasteiger partial charge in [0.15, 0.2) is 12.7 Å². The van der Waals surface area contributed by atoms with Crippen LogP contribution in [-0.4, -0.2) is 65.0 Å². The van der Waals surface area contributed by atoms with Crippen LogP contribution in [0.25, 0.3) is 0 Å². The number of anilines is 1. The Morgan fingerprint density at radius 2 is 2.00 bits per heavy atom. The van der Waals surface area contributed by atoms with Crippen LogP contribution in [0.5, 0.6) is 11.5 Å². The minimum Gasteiger partial charge on any atom is -0.484 e. The smallest absolute Gasteiger partial charge is 0.267 e. The number of carbonyl (C=O) groups is 2. The fourth-order valence-corrected chi connectivity index (χ4v) is 5.12. The standard InChI is InChI=1S/C25H28Cl2FN3O7S/c1-3-36-10-11-39(34,35)31-14-23(38-22-7-4-17(26)12-21(22)31)25(33)30-16(2)8-9-29-24(32)15-37-18-5-6-19(27)20(28)13-18/h4-7,12-13,23H,2-3,8-11,14-15H2,1H3,(H,29,32)(H,30,33). The number of amides is 2. The van der Waals surface area contributed by atoms with Crippen molar-refractivity contribution in [2.24, 2.45) is 0 Å². The van der Waals surface area contributed by atoms with Crippen LogP contribution < -0.4 is 24.4 Å². The van der Waals surface area contributed by atoms with E-state index >= 15 is 0 Å². The first-order chi connectivity index (χ1) is 18.5. The Morgan fingerprint density at radius 3 is 2.72 bits per heavy atom. The van der Waals surface area contributed by atoms with Crippen molar-refractivity contribution < 1.29 is 36.6 Å². The van der Waals surface area contributed by atoms with E-state index in [0.29, 0.717) is 11.6 Å². The number of hydrogen-bond acceptors (Lipinski definition) is 7. The summed E-state index contributed by atoms with van der Waals surface area (Å²) in [5.41, 5.74) is 0.505. The summed E-state index contributed by atoms with van der Waals surface area (Å²) < 4.78 is 56.8. The Kier molecular flexibility index (Phi) is 10.8. The quantitative estimate of drug-likeness (QED) is 0.337. The third-order valence-corrected chi connectivity index (χ3v) is 7.66. The van der Waals surface area contributed by atoms with E-state index in [1.165, 1.54) is 30.3 Å². The molecule has 0 saturated heterocycles. The number of sulfonamides is 1. The molecule has 14 heteroatoms. The molecule has 1 aliphatic heterocycles. The van der Waals surface area contributed by atoms with Crippen molar-refractivity contribution in [2.75, 3.05) is 43.0 Å². The summed E-state index contributed by atoms with van der Waals surface area (Å²) in [6.45, 7) is 5.39. The largest absolute Gasteiger partial charge is 0.484 e. The maximum absolute atomic E-state index is 13.5. The summed E-state index contributed by atoms with van der Waals surface area (Å²) in [4.78, 5) is 24.9. The maximum atomic E-state index is 13.5. The van der Waals surface area contributed by atoms with E-state index in [1.807, 2.05) is 0 Å². The van der Waals surface area contributed by atoms with E-state index in [0.717, 1.165) is 10.4 Å². The topological polar surface area (TPSA) is 123 Å². The van der Waals surface area contributed by atoms with Crippen molar-refractivity contribution in [3.05, 3.63) is 64.5 Å². The Hall–Kier alpha value is -3.06. The molecule has 0 spiro atoms. The van der Waals surface area contributed by atoms with Gasteiger partial charge < -0.3 is 24.8 Å². The van der Waals surface area contributed by atoms with Crippen molar-refractivity contribution in [3.63, 3.8) is 0 Å². The molecule has 1 atom stereocenters. The van der Waals surface area contributed by atoms with Crippen molar-refractivity contribution in [1.29, 1.82) is 0 Å². The molecule has 1 unspecified atom stereocenters. The molecule has 3 rings (SSSR count). The van der Waals surface area contributed by atoms with Crippen molar-refractivity contribution >= 4 is 50.7 Å². The second-order valence-corrected chi connectivity index (χ2v) is 11.2. The Bertz CT molecular complexity index is 1330. The zero-order valence-corrected chi connectivity index (χ0v) is 23.4. The predicted molar refractivity (Wildman–Crippen MR) is 145 cm³/mol. The lowest BCUT2D eigenvalue weighted by Crippen LogP contribution is -2.51. The van der Waals surface area contributed by atoms with Crippen LogP contribution in [-0.2, 0) is 24.3 Å². The number of benzene rings is 2. The molecule has 1 aliphatic rings. The van der Waals surface area contributed by atoms with Crippen LogP contribution in [0.1, 0.15) is 13.3 Å². The summed E-state index contributed by atoms with van der Waals surface area (Å²) in [5.74, 6) is -1.70. The number of hydrogen-bond donors (Lipinski definition) is 2. The van der Waals surface area contributed by atoms with Gasteiger partial charge in [-0.1, -0.05) is 29.8 Å². The molecule has 10 nitrogen and oxygen atoms in total. The molecule has 2 N–H and O–H groups in total. The fourth-order valence-electron chi connectivity index (χ4n) is 3.48.